The topological polar surface area (TPSA) is 38.3 Å². The van der Waals surface area contributed by atoms with Crippen molar-refractivity contribution in [2.24, 2.45) is 5.92 Å². The first kappa shape index (κ1) is 14.6. The number of carbonyl (C=O) groups is 1. The fourth-order valence-electron chi connectivity index (χ4n) is 1.14. The maximum atomic E-state index is 11.3. The molecule has 0 aromatic rings. The van der Waals surface area contributed by atoms with E-state index in [0.29, 0.717) is 12.5 Å². The summed E-state index contributed by atoms with van der Waals surface area (Å²) in [6.45, 7) is 10.4. The van der Waals surface area contributed by atoms with E-state index in [-0.39, 0.29) is 11.3 Å². The summed E-state index contributed by atoms with van der Waals surface area (Å²) in [4.78, 5) is 11.3. The van der Waals surface area contributed by atoms with Crippen LogP contribution in [0.4, 0.5) is 4.79 Å². The molecule has 1 N–H and O–H groups in total. The molecule has 0 radical (unpaired) electrons. The molecule has 0 fully saturated rings. The Morgan fingerprint density at radius 1 is 1.40 bits per heavy atom. The molecule has 0 aliphatic heterocycles. The number of rotatable bonds is 4. The number of amides is 1. The van der Waals surface area contributed by atoms with Crippen LogP contribution >= 0.6 is 12.6 Å². The van der Waals surface area contributed by atoms with Crippen molar-refractivity contribution in [1.29, 1.82) is 0 Å². The molecular formula is C11H23NO2S. The Morgan fingerprint density at radius 3 is 2.33 bits per heavy atom. The quantitative estimate of drug-likeness (QED) is 0.733. The molecule has 3 nitrogen and oxygen atoms in total. The van der Waals surface area contributed by atoms with E-state index >= 15 is 0 Å². The van der Waals surface area contributed by atoms with Gasteiger partial charge in [-0.1, -0.05) is 13.8 Å². The maximum absolute atomic E-state index is 11.3. The zero-order valence-electron chi connectivity index (χ0n) is 10.3. The number of ether oxygens (including phenoxy) is 1. The van der Waals surface area contributed by atoms with Crippen LogP contribution in [0.3, 0.4) is 0 Å². The van der Waals surface area contributed by atoms with E-state index in [1.54, 1.807) is 0 Å². The Kier molecular flexibility index (Phi) is 6.10. The van der Waals surface area contributed by atoms with Crippen molar-refractivity contribution < 1.29 is 9.53 Å². The number of hydrogen-bond acceptors (Lipinski definition) is 3. The van der Waals surface area contributed by atoms with E-state index in [0.717, 1.165) is 6.42 Å². The van der Waals surface area contributed by atoms with Gasteiger partial charge >= 0.3 is 6.09 Å². The Hall–Kier alpha value is -0.380. The van der Waals surface area contributed by atoms with Crippen LogP contribution < -0.4 is 5.32 Å². The van der Waals surface area contributed by atoms with E-state index in [4.69, 9.17) is 4.74 Å². The highest BCUT2D eigenvalue weighted by Gasteiger charge is 2.16. The van der Waals surface area contributed by atoms with Gasteiger partial charge in [0.2, 0.25) is 0 Å². The molecule has 0 aliphatic rings. The van der Waals surface area contributed by atoms with Gasteiger partial charge in [0.1, 0.15) is 5.60 Å². The lowest BCUT2D eigenvalue weighted by atomic mass is 10.1. The SMILES string of the molecule is CC(C)C[C@@H](S)CNC(=O)OC(C)(C)C. The van der Waals surface area contributed by atoms with Gasteiger partial charge in [0, 0.05) is 11.8 Å². The summed E-state index contributed by atoms with van der Waals surface area (Å²) >= 11 is 4.39. The van der Waals surface area contributed by atoms with E-state index in [2.05, 4.69) is 31.8 Å². The number of nitrogens with one attached hydrogen (secondary N) is 1. The lowest BCUT2D eigenvalue weighted by Gasteiger charge is -2.21. The minimum atomic E-state index is -0.436. The van der Waals surface area contributed by atoms with E-state index < -0.39 is 5.60 Å². The fourth-order valence-corrected chi connectivity index (χ4v) is 1.66. The molecule has 90 valence electrons. The number of alkyl carbamates (subject to hydrolysis) is 1. The molecule has 0 aliphatic carbocycles. The predicted molar refractivity (Wildman–Crippen MR) is 66.5 cm³/mol. The molecule has 0 aromatic carbocycles. The standard InChI is InChI=1S/C11H23NO2S/c1-8(2)6-9(15)7-12-10(13)14-11(3,4)5/h8-9,15H,6-7H2,1-5H3,(H,12,13)/t9-/m1/s1. The van der Waals surface area contributed by atoms with Crippen LogP contribution in [0.15, 0.2) is 0 Å². The molecule has 0 spiro atoms. The lowest BCUT2D eigenvalue weighted by molar-refractivity contribution is 0.0527. The minimum Gasteiger partial charge on any atom is -0.444 e. The Bertz CT molecular complexity index is 199. The molecule has 4 heteroatoms. The van der Waals surface area contributed by atoms with Crippen molar-refractivity contribution >= 4 is 18.7 Å². The first-order chi connectivity index (χ1) is 6.70. The molecule has 0 saturated carbocycles. The Balaban J connectivity index is 3.72. The van der Waals surface area contributed by atoms with Crippen LogP contribution in [0, 0.1) is 5.92 Å². The highest BCUT2D eigenvalue weighted by Crippen LogP contribution is 2.10. The molecule has 0 heterocycles. The summed E-state index contributed by atoms with van der Waals surface area (Å²) in [5.74, 6) is 0.591. The molecule has 0 rings (SSSR count). The average molecular weight is 233 g/mol. The van der Waals surface area contributed by atoms with Crippen LogP contribution in [-0.4, -0.2) is 23.5 Å². The molecule has 0 bridgehead atoms. The van der Waals surface area contributed by atoms with Crippen LogP contribution in [0.2, 0.25) is 0 Å². The maximum Gasteiger partial charge on any atom is 0.407 e. The Labute approximate surface area is 98.4 Å². The summed E-state index contributed by atoms with van der Waals surface area (Å²) in [5.41, 5.74) is -0.436. The van der Waals surface area contributed by atoms with Gasteiger partial charge in [-0.05, 0) is 33.1 Å². The molecule has 15 heavy (non-hydrogen) atoms. The summed E-state index contributed by atoms with van der Waals surface area (Å²) in [7, 11) is 0. The van der Waals surface area contributed by atoms with Crippen molar-refractivity contribution in [3.63, 3.8) is 0 Å². The summed E-state index contributed by atoms with van der Waals surface area (Å²) in [5, 5.41) is 2.90. The van der Waals surface area contributed by atoms with Gasteiger partial charge in [-0.3, -0.25) is 0 Å². The smallest absolute Gasteiger partial charge is 0.407 e. The number of thiol groups is 1. The van der Waals surface area contributed by atoms with E-state index in [1.165, 1.54) is 0 Å². The zero-order valence-corrected chi connectivity index (χ0v) is 11.2. The van der Waals surface area contributed by atoms with E-state index in [1.807, 2.05) is 20.8 Å². The van der Waals surface area contributed by atoms with Gasteiger partial charge in [-0.25, -0.2) is 4.79 Å². The predicted octanol–water partition coefficient (Wildman–Crippen LogP) is 2.86. The first-order valence-corrected chi connectivity index (χ1v) is 5.87. The van der Waals surface area contributed by atoms with Gasteiger partial charge in [0.25, 0.3) is 0 Å². The summed E-state index contributed by atoms with van der Waals surface area (Å²) in [6.07, 6.45) is 0.615. The molecule has 1 amide bonds. The lowest BCUT2D eigenvalue weighted by Crippen LogP contribution is -2.35. The highest BCUT2D eigenvalue weighted by molar-refractivity contribution is 7.81. The zero-order chi connectivity index (χ0) is 12.1. The van der Waals surface area contributed by atoms with Crippen molar-refractivity contribution in [3.8, 4) is 0 Å². The normalized spacial score (nSPS) is 13.8. The third kappa shape index (κ3) is 9.91. The van der Waals surface area contributed by atoms with Crippen LogP contribution in [-0.2, 0) is 4.74 Å². The number of carbonyl (C=O) groups excluding carboxylic acids is 1. The molecule has 0 saturated heterocycles. The van der Waals surface area contributed by atoms with Gasteiger partial charge in [-0.2, -0.15) is 12.6 Å². The average Bonchev–Trinajstić information content (AvgIpc) is 1.96. The molecule has 1 atom stereocenters. The van der Waals surface area contributed by atoms with Crippen molar-refractivity contribution in [2.45, 2.75) is 51.9 Å². The first-order valence-electron chi connectivity index (χ1n) is 5.35. The second kappa shape index (κ2) is 6.26. The van der Waals surface area contributed by atoms with Gasteiger partial charge < -0.3 is 10.1 Å². The van der Waals surface area contributed by atoms with Gasteiger partial charge in [-0.15, -0.1) is 0 Å². The number of hydrogen-bond donors (Lipinski definition) is 2. The van der Waals surface area contributed by atoms with Crippen molar-refractivity contribution in [3.05, 3.63) is 0 Å². The molecule has 0 unspecified atom stereocenters. The summed E-state index contributed by atoms with van der Waals surface area (Å²) in [6, 6.07) is 0. The largest absolute Gasteiger partial charge is 0.444 e. The molecular weight excluding hydrogens is 210 g/mol. The third-order valence-electron chi connectivity index (χ3n) is 1.62. The van der Waals surface area contributed by atoms with Crippen LogP contribution in [0.5, 0.6) is 0 Å². The van der Waals surface area contributed by atoms with Crippen LogP contribution in [0.25, 0.3) is 0 Å². The van der Waals surface area contributed by atoms with Gasteiger partial charge in [0.15, 0.2) is 0 Å². The Morgan fingerprint density at radius 2 is 1.93 bits per heavy atom. The summed E-state index contributed by atoms with van der Waals surface area (Å²) < 4.78 is 5.11. The van der Waals surface area contributed by atoms with E-state index in [9.17, 15) is 4.79 Å². The fraction of sp³-hybridized carbons (Fsp3) is 0.909. The van der Waals surface area contributed by atoms with Crippen LogP contribution in [0.1, 0.15) is 41.0 Å². The second-order valence-corrected chi connectivity index (χ2v) is 5.90. The van der Waals surface area contributed by atoms with Crippen molar-refractivity contribution in [2.75, 3.05) is 6.54 Å². The molecule has 0 aromatic heterocycles. The third-order valence-corrected chi connectivity index (χ3v) is 2.02. The second-order valence-electron chi connectivity index (χ2n) is 5.17. The van der Waals surface area contributed by atoms with Crippen molar-refractivity contribution in [1.82, 2.24) is 5.32 Å². The monoisotopic (exact) mass is 233 g/mol. The highest BCUT2D eigenvalue weighted by atomic mass is 32.1. The van der Waals surface area contributed by atoms with Gasteiger partial charge in [0.05, 0.1) is 0 Å². The minimum absolute atomic E-state index is 0.192.